The van der Waals surface area contributed by atoms with E-state index in [2.05, 4.69) is 10.3 Å². The molecule has 0 bridgehead atoms. The van der Waals surface area contributed by atoms with E-state index in [0.29, 0.717) is 16.6 Å². The highest BCUT2D eigenvalue weighted by molar-refractivity contribution is 6.00. The highest BCUT2D eigenvalue weighted by atomic mass is 16.4. The maximum Gasteiger partial charge on any atom is 0.307 e. The Morgan fingerprint density at radius 3 is 2.54 bits per heavy atom. The Labute approximate surface area is 138 Å². The van der Waals surface area contributed by atoms with Gasteiger partial charge in [0.1, 0.15) is 0 Å². The smallest absolute Gasteiger partial charge is 0.307 e. The lowest BCUT2D eigenvalue weighted by molar-refractivity contribution is -0.140. The minimum atomic E-state index is -0.956. The number of benzene rings is 1. The Bertz CT molecular complexity index is 898. The standard InChI is InChI=1S/C18H20N2O4/c1-4-9-8-13(21)11-7-10(5-6-12(11)19-9)20-16(22)14-15(17(23)24)18(14,2)3/h5-8,14-15H,4H2,1-3H3,(H,19,21)(H,20,22)(H,23,24)/t14-,15+/m0/s1. The number of fused-ring (bicyclic) bond motifs is 1. The van der Waals surface area contributed by atoms with Crippen LogP contribution in [0.2, 0.25) is 0 Å². The van der Waals surface area contributed by atoms with E-state index in [9.17, 15) is 19.5 Å². The third-order valence-electron chi connectivity index (χ3n) is 4.91. The van der Waals surface area contributed by atoms with Crippen LogP contribution >= 0.6 is 0 Å². The van der Waals surface area contributed by atoms with Crippen molar-refractivity contribution in [1.82, 2.24) is 4.98 Å². The normalized spacial score (nSPS) is 21.5. The van der Waals surface area contributed by atoms with Crippen molar-refractivity contribution in [3.8, 4) is 0 Å². The van der Waals surface area contributed by atoms with Gasteiger partial charge in [0.25, 0.3) is 0 Å². The first-order valence-electron chi connectivity index (χ1n) is 7.95. The molecule has 1 aromatic heterocycles. The zero-order valence-electron chi connectivity index (χ0n) is 13.8. The summed E-state index contributed by atoms with van der Waals surface area (Å²) in [4.78, 5) is 38.9. The first kappa shape index (κ1) is 16.2. The quantitative estimate of drug-likeness (QED) is 0.802. The molecule has 24 heavy (non-hydrogen) atoms. The second kappa shape index (κ2) is 5.47. The number of nitrogens with one attached hydrogen (secondary N) is 2. The van der Waals surface area contributed by atoms with Gasteiger partial charge in [-0.2, -0.15) is 0 Å². The molecule has 6 heteroatoms. The lowest BCUT2D eigenvalue weighted by atomic mass is 10.1. The summed E-state index contributed by atoms with van der Waals surface area (Å²) in [5.41, 5.74) is 1.40. The van der Waals surface area contributed by atoms with Crippen LogP contribution in [0, 0.1) is 17.3 Å². The van der Waals surface area contributed by atoms with Crippen molar-refractivity contribution >= 4 is 28.5 Å². The average molecular weight is 328 g/mol. The van der Waals surface area contributed by atoms with Crippen LogP contribution in [0.3, 0.4) is 0 Å². The van der Waals surface area contributed by atoms with Gasteiger partial charge in [0.2, 0.25) is 5.91 Å². The third kappa shape index (κ3) is 2.58. The predicted octanol–water partition coefficient (Wildman–Crippen LogP) is 2.39. The average Bonchev–Trinajstić information content (AvgIpc) is 3.10. The zero-order valence-corrected chi connectivity index (χ0v) is 13.8. The fourth-order valence-corrected chi connectivity index (χ4v) is 3.38. The molecule has 1 aliphatic rings. The molecule has 1 fully saturated rings. The van der Waals surface area contributed by atoms with Crippen LogP contribution in [-0.2, 0) is 16.0 Å². The Morgan fingerprint density at radius 1 is 1.25 bits per heavy atom. The van der Waals surface area contributed by atoms with E-state index in [-0.39, 0.29) is 11.3 Å². The van der Waals surface area contributed by atoms with Gasteiger partial charge in [-0.1, -0.05) is 20.8 Å². The molecule has 1 saturated carbocycles. The van der Waals surface area contributed by atoms with E-state index in [1.165, 1.54) is 0 Å². The van der Waals surface area contributed by atoms with Gasteiger partial charge in [-0.3, -0.25) is 14.4 Å². The van der Waals surface area contributed by atoms with Crippen molar-refractivity contribution in [2.75, 3.05) is 5.32 Å². The predicted molar refractivity (Wildman–Crippen MR) is 91.0 cm³/mol. The summed E-state index contributed by atoms with van der Waals surface area (Å²) in [6.07, 6.45) is 0.733. The molecule has 6 nitrogen and oxygen atoms in total. The molecular weight excluding hydrogens is 308 g/mol. The number of carbonyl (C=O) groups is 2. The molecule has 1 heterocycles. The van der Waals surface area contributed by atoms with Crippen LogP contribution < -0.4 is 10.7 Å². The molecule has 126 valence electrons. The van der Waals surface area contributed by atoms with Gasteiger partial charge in [-0.15, -0.1) is 0 Å². The number of aromatic amines is 1. The molecule has 0 spiro atoms. The third-order valence-corrected chi connectivity index (χ3v) is 4.91. The molecule has 1 amide bonds. The highest BCUT2D eigenvalue weighted by Gasteiger charge is 2.65. The molecule has 2 atom stereocenters. The Kier molecular flexibility index (Phi) is 3.70. The number of anilines is 1. The highest BCUT2D eigenvalue weighted by Crippen LogP contribution is 2.58. The van der Waals surface area contributed by atoms with Gasteiger partial charge in [-0.05, 0) is 30.0 Å². The second-order valence-electron chi connectivity index (χ2n) is 6.88. The first-order valence-corrected chi connectivity index (χ1v) is 7.95. The van der Waals surface area contributed by atoms with E-state index in [1.807, 2.05) is 6.92 Å². The second-order valence-corrected chi connectivity index (χ2v) is 6.88. The number of carbonyl (C=O) groups excluding carboxylic acids is 1. The largest absolute Gasteiger partial charge is 0.481 e. The first-order chi connectivity index (χ1) is 11.3. The van der Waals surface area contributed by atoms with Crippen molar-refractivity contribution in [3.05, 3.63) is 40.2 Å². The summed E-state index contributed by atoms with van der Waals surface area (Å²) in [5, 5.41) is 12.4. The summed E-state index contributed by atoms with van der Waals surface area (Å²) in [6, 6.07) is 6.63. The maximum absolute atomic E-state index is 12.4. The van der Waals surface area contributed by atoms with Gasteiger partial charge in [0.15, 0.2) is 5.43 Å². The van der Waals surface area contributed by atoms with E-state index < -0.39 is 23.2 Å². The number of carboxylic acids is 1. The topological polar surface area (TPSA) is 99.3 Å². The number of rotatable bonds is 4. The summed E-state index contributed by atoms with van der Waals surface area (Å²) < 4.78 is 0. The molecule has 3 rings (SSSR count). The molecule has 1 aromatic carbocycles. The van der Waals surface area contributed by atoms with Crippen LogP contribution in [0.4, 0.5) is 5.69 Å². The van der Waals surface area contributed by atoms with E-state index >= 15 is 0 Å². The van der Waals surface area contributed by atoms with Crippen LogP contribution in [0.25, 0.3) is 10.9 Å². The molecule has 2 aromatic rings. The minimum absolute atomic E-state index is 0.105. The molecule has 0 aliphatic heterocycles. The minimum Gasteiger partial charge on any atom is -0.481 e. The summed E-state index contributed by atoms with van der Waals surface area (Å²) in [6.45, 7) is 5.50. The lowest BCUT2D eigenvalue weighted by Crippen LogP contribution is -2.18. The molecule has 1 aliphatic carbocycles. The SMILES string of the molecule is CCc1cc(=O)c2cc(NC(=O)[C@@H]3[C@H](C(=O)O)C3(C)C)ccc2[nH]1. The van der Waals surface area contributed by atoms with Crippen molar-refractivity contribution in [3.63, 3.8) is 0 Å². The van der Waals surface area contributed by atoms with Gasteiger partial charge < -0.3 is 15.4 Å². The van der Waals surface area contributed by atoms with Crippen LogP contribution in [0.5, 0.6) is 0 Å². The van der Waals surface area contributed by atoms with Gasteiger partial charge in [0.05, 0.1) is 11.8 Å². The van der Waals surface area contributed by atoms with Crippen molar-refractivity contribution in [1.29, 1.82) is 0 Å². The van der Waals surface area contributed by atoms with Crippen LogP contribution in [0.15, 0.2) is 29.1 Å². The molecular formula is C18H20N2O4. The Balaban J connectivity index is 1.86. The van der Waals surface area contributed by atoms with Crippen molar-refractivity contribution in [2.24, 2.45) is 17.3 Å². The number of aromatic nitrogens is 1. The van der Waals surface area contributed by atoms with E-state index in [1.54, 1.807) is 38.1 Å². The summed E-state index contributed by atoms with van der Waals surface area (Å²) >= 11 is 0. The summed E-state index contributed by atoms with van der Waals surface area (Å²) in [5.74, 6) is -2.52. The van der Waals surface area contributed by atoms with E-state index in [4.69, 9.17) is 0 Å². The van der Waals surface area contributed by atoms with Gasteiger partial charge in [-0.25, -0.2) is 0 Å². The van der Waals surface area contributed by atoms with E-state index in [0.717, 1.165) is 12.1 Å². The number of pyridine rings is 1. The fraction of sp³-hybridized carbons (Fsp3) is 0.389. The Morgan fingerprint density at radius 2 is 1.96 bits per heavy atom. The lowest BCUT2D eigenvalue weighted by Gasteiger charge is -2.08. The van der Waals surface area contributed by atoms with Crippen molar-refractivity contribution in [2.45, 2.75) is 27.2 Å². The summed E-state index contributed by atoms with van der Waals surface area (Å²) in [7, 11) is 0. The molecule has 0 radical (unpaired) electrons. The molecule has 0 unspecified atom stereocenters. The van der Waals surface area contributed by atoms with Gasteiger partial charge in [0, 0.05) is 28.4 Å². The number of H-pyrrole nitrogens is 1. The zero-order chi connectivity index (χ0) is 17.6. The van der Waals surface area contributed by atoms with Crippen molar-refractivity contribution < 1.29 is 14.7 Å². The number of carboxylic acid groups (broad SMARTS) is 1. The molecule has 3 N–H and O–H groups in total. The fourth-order valence-electron chi connectivity index (χ4n) is 3.38. The molecule has 0 saturated heterocycles. The monoisotopic (exact) mass is 328 g/mol. The van der Waals surface area contributed by atoms with Crippen LogP contribution in [0.1, 0.15) is 26.5 Å². The number of amides is 1. The number of aliphatic carboxylic acids is 1. The number of hydrogen-bond acceptors (Lipinski definition) is 3. The number of aryl methyl sites for hydroxylation is 1. The van der Waals surface area contributed by atoms with Crippen LogP contribution in [-0.4, -0.2) is 22.0 Å². The number of hydrogen-bond donors (Lipinski definition) is 3. The Hall–Kier alpha value is -2.63. The van der Waals surface area contributed by atoms with Gasteiger partial charge >= 0.3 is 5.97 Å². The maximum atomic E-state index is 12.4.